The van der Waals surface area contributed by atoms with E-state index in [4.69, 9.17) is 9.47 Å². The van der Waals surface area contributed by atoms with Crippen molar-refractivity contribution in [2.45, 2.75) is 26.6 Å². The van der Waals surface area contributed by atoms with E-state index >= 15 is 0 Å². The summed E-state index contributed by atoms with van der Waals surface area (Å²) in [5.74, 6) is 0.751. The molecule has 1 N–H and O–H groups in total. The Kier molecular flexibility index (Phi) is 7.45. The molecule has 0 rings (SSSR count). The van der Waals surface area contributed by atoms with Gasteiger partial charge in [0.1, 0.15) is 0 Å². The van der Waals surface area contributed by atoms with E-state index in [2.05, 4.69) is 19.2 Å². The molecule has 3 heteroatoms. The maximum Gasteiger partial charge on any atom is 0.169 e. The van der Waals surface area contributed by atoms with E-state index in [1.165, 1.54) is 6.42 Å². The van der Waals surface area contributed by atoms with E-state index < -0.39 is 0 Å². The van der Waals surface area contributed by atoms with Gasteiger partial charge >= 0.3 is 0 Å². The molecule has 0 aliphatic carbocycles. The van der Waals surface area contributed by atoms with Gasteiger partial charge in [0.25, 0.3) is 0 Å². The van der Waals surface area contributed by atoms with Crippen molar-refractivity contribution in [3.8, 4) is 0 Å². The van der Waals surface area contributed by atoms with Crippen molar-refractivity contribution < 1.29 is 9.47 Å². The molecule has 12 heavy (non-hydrogen) atoms. The molecule has 0 heterocycles. The summed E-state index contributed by atoms with van der Waals surface area (Å²) in [5.41, 5.74) is 0. The lowest BCUT2D eigenvalue weighted by Crippen LogP contribution is -2.30. The lowest BCUT2D eigenvalue weighted by atomic mass is 10.1. The Balaban J connectivity index is 3.17. The van der Waals surface area contributed by atoms with E-state index in [-0.39, 0.29) is 6.29 Å². The molecule has 0 bridgehead atoms. The fourth-order valence-corrected chi connectivity index (χ4v) is 0.874. The van der Waals surface area contributed by atoms with E-state index in [1.54, 1.807) is 14.2 Å². The summed E-state index contributed by atoms with van der Waals surface area (Å²) in [6, 6.07) is 0. The smallest absolute Gasteiger partial charge is 0.169 e. The molecule has 0 amide bonds. The van der Waals surface area contributed by atoms with E-state index in [0.29, 0.717) is 0 Å². The van der Waals surface area contributed by atoms with Crippen LogP contribution in [0.15, 0.2) is 0 Å². The summed E-state index contributed by atoms with van der Waals surface area (Å²) < 4.78 is 10.0. The molecule has 0 aromatic rings. The molecule has 0 saturated carbocycles. The van der Waals surface area contributed by atoms with Crippen molar-refractivity contribution in [1.29, 1.82) is 0 Å². The first kappa shape index (κ1) is 11.9. The molecule has 0 spiro atoms. The van der Waals surface area contributed by atoms with Crippen LogP contribution in [0.1, 0.15) is 20.3 Å². The first-order valence-corrected chi connectivity index (χ1v) is 4.47. The second-order valence-corrected chi connectivity index (χ2v) is 3.29. The van der Waals surface area contributed by atoms with Gasteiger partial charge < -0.3 is 14.8 Å². The lowest BCUT2D eigenvalue weighted by Gasteiger charge is -2.14. The molecule has 0 aromatic carbocycles. The van der Waals surface area contributed by atoms with Crippen LogP contribution in [-0.4, -0.2) is 33.6 Å². The van der Waals surface area contributed by atoms with E-state index in [9.17, 15) is 0 Å². The summed E-state index contributed by atoms with van der Waals surface area (Å²) in [5, 5.41) is 3.27. The predicted molar refractivity (Wildman–Crippen MR) is 50.1 cm³/mol. The van der Waals surface area contributed by atoms with Crippen LogP contribution in [0.2, 0.25) is 0 Å². The zero-order valence-electron chi connectivity index (χ0n) is 8.59. The monoisotopic (exact) mass is 175 g/mol. The number of nitrogens with one attached hydrogen (secondary N) is 1. The molecule has 0 unspecified atom stereocenters. The van der Waals surface area contributed by atoms with Crippen molar-refractivity contribution in [2.24, 2.45) is 5.92 Å². The highest BCUT2D eigenvalue weighted by Gasteiger charge is 2.02. The molecule has 74 valence electrons. The van der Waals surface area contributed by atoms with Gasteiger partial charge in [-0.15, -0.1) is 0 Å². The van der Waals surface area contributed by atoms with Crippen LogP contribution in [0.25, 0.3) is 0 Å². The Bertz CT molecular complexity index is 92.5. The average molecular weight is 175 g/mol. The third-order valence-corrected chi connectivity index (χ3v) is 1.74. The maximum atomic E-state index is 5.02. The van der Waals surface area contributed by atoms with Crippen molar-refractivity contribution in [3.63, 3.8) is 0 Å². The lowest BCUT2D eigenvalue weighted by molar-refractivity contribution is -0.0987. The van der Waals surface area contributed by atoms with Crippen LogP contribution < -0.4 is 5.32 Å². The number of hydrogen-bond acceptors (Lipinski definition) is 3. The molecular formula is C9H21NO2. The second-order valence-electron chi connectivity index (χ2n) is 3.29. The Hall–Kier alpha value is -0.120. The van der Waals surface area contributed by atoms with Crippen LogP contribution in [0.3, 0.4) is 0 Å². The highest BCUT2D eigenvalue weighted by molar-refractivity contribution is 4.53. The summed E-state index contributed by atoms with van der Waals surface area (Å²) >= 11 is 0. The van der Waals surface area contributed by atoms with E-state index in [0.717, 1.165) is 19.0 Å². The van der Waals surface area contributed by atoms with Gasteiger partial charge in [-0.25, -0.2) is 0 Å². The quantitative estimate of drug-likeness (QED) is 0.466. The zero-order valence-corrected chi connectivity index (χ0v) is 8.59. The van der Waals surface area contributed by atoms with Gasteiger partial charge in [-0.3, -0.25) is 0 Å². The fraction of sp³-hybridized carbons (Fsp3) is 1.00. The molecule has 0 aliphatic rings. The summed E-state index contributed by atoms with van der Waals surface area (Å²) in [4.78, 5) is 0. The SMILES string of the molecule is COC(CNCCC(C)C)OC. The van der Waals surface area contributed by atoms with Crippen LogP contribution >= 0.6 is 0 Å². The topological polar surface area (TPSA) is 30.5 Å². The highest BCUT2D eigenvalue weighted by atomic mass is 16.7. The first-order chi connectivity index (χ1) is 5.70. The molecule has 0 saturated heterocycles. The molecule has 0 aromatic heterocycles. The Morgan fingerprint density at radius 2 is 1.75 bits per heavy atom. The van der Waals surface area contributed by atoms with Gasteiger partial charge in [-0.05, 0) is 18.9 Å². The second kappa shape index (κ2) is 7.53. The molecule has 0 radical (unpaired) electrons. The van der Waals surface area contributed by atoms with Crippen molar-refractivity contribution >= 4 is 0 Å². The molecule has 0 atom stereocenters. The van der Waals surface area contributed by atoms with Gasteiger partial charge in [0.2, 0.25) is 0 Å². The van der Waals surface area contributed by atoms with Gasteiger partial charge in [-0.1, -0.05) is 13.8 Å². The number of methoxy groups -OCH3 is 2. The summed E-state index contributed by atoms with van der Waals surface area (Å²) in [6.45, 7) is 6.22. The van der Waals surface area contributed by atoms with Crippen LogP contribution in [0, 0.1) is 5.92 Å². The Labute approximate surface area is 75.4 Å². The van der Waals surface area contributed by atoms with Crippen molar-refractivity contribution in [3.05, 3.63) is 0 Å². The van der Waals surface area contributed by atoms with Crippen LogP contribution in [-0.2, 0) is 9.47 Å². The summed E-state index contributed by atoms with van der Waals surface area (Å²) in [6.07, 6.45) is 1.08. The summed E-state index contributed by atoms with van der Waals surface area (Å²) in [7, 11) is 3.30. The minimum Gasteiger partial charge on any atom is -0.355 e. The number of ether oxygens (including phenoxy) is 2. The van der Waals surface area contributed by atoms with Crippen LogP contribution in [0.5, 0.6) is 0 Å². The van der Waals surface area contributed by atoms with E-state index in [1.807, 2.05) is 0 Å². The molecule has 3 nitrogen and oxygen atoms in total. The van der Waals surface area contributed by atoms with Gasteiger partial charge in [0, 0.05) is 20.8 Å². The van der Waals surface area contributed by atoms with Crippen molar-refractivity contribution in [2.75, 3.05) is 27.3 Å². The normalized spacial score (nSPS) is 11.5. The molecule has 0 aliphatic heterocycles. The van der Waals surface area contributed by atoms with Crippen LogP contribution in [0.4, 0.5) is 0 Å². The minimum absolute atomic E-state index is 0.114. The maximum absolute atomic E-state index is 5.02. The predicted octanol–water partition coefficient (Wildman–Crippen LogP) is 1.24. The van der Waals surface area contributed by atoms with Gasteiger partial charge in [-0.2, -0.15) is 0 Å². The fourth-order valence-electron chi connectivity index (χ4n) is 0.874. The molecular weight excluding hydrogens is 154 g/mol. The third-order valence-electron chi connectivity index (χ3n) is 1.74. The van der Waals surface area contributed by atoms with Gasteiger partial charge in [0.05, 0.1) is 0 Å². The Morgan fingerprint density at radius 1 is 1.17 bits per heavy atom. The number of rotatable bonds is 7. The standard InChI is InChI=1S/C9H21NO2/c1-8(2)5-6-10-7-9(11-3)12-4/h8-10H,5-7H2,1-4H3. The highest BCUT2D eigenvalue weighted by Crippen LogP contribution is 1.96. The Morgan fingerprint density at radius 3 is 2.17 bits per heavy atom. The average Bonchev–Trinajstić information content (AvgIpc) is 2.04. The minimum atomic E-state index is -0.114. The van der Waals surface area contributed by atoms with Gasteiger partial charge in [0.15, 0.2) is 6.29 Å². The number of hydrogen-bond donors (Lipinski definition) is 1. The molecule has 0 fully saturated rings. The first-order valence-electron chi connectivity index (χ1n) is 4.47. The third kappa shape index (κ3) is 6.58. The largest absolute Gasteiger partial charge is 0.355 e. The van der Waals surface area contributed by atoms with Crippen molar-refractivity contribution in [1.82, 2.24) is 5.32 Å². The zero-order chi connectivity index (χ0) is 9.40.